The summed E-state index contributed by atoms with van der Waals surface area (Å²) in [7, 11) is 1.36. The normalized spacial score (nSPS) is 11.2. The van der Waals surface area contributed by atoms with E-state index in [-0.39, 0.29) is 28.1 Å². The molecule has 1 heterocycles. The maximum Gasteiger partial charge on any atom is 0.453 e. The number of nitro groups is 1. The largest absolute Gasteiger partial charge is 0.497 e. The van der Waals surface area contributed by atoms with Gasteiger partial charge in [0.1, 0.15) is 22.8 Å². The van der Waals surface area contributed by atoms with E-state index in [0.717, 1.165) is 24.3 Å². The Bertz CT molecular complexity index is 1540. The number of halogens is 3. The number of nitrogens with zero attached hydrogens (tertiary/aromatic N) is 1. The number of fused-ring (bicyclic) bond motifs is 1. The number of esters is 1. The number of carbonyl (C=O) groups excluding carboxylic acids is 1. The molecule has 36 heavy (non-hydrogen) atoms. The summed E-state index contributed by atoms with van der Waals surface area (Å²) in [6, 6.07) is 13.5. The Labute approximate surface area is 199 Å². The first kappa shape index (κ1) is 24.3. The number of alkyl halides is 3. The van der Waals surface area contributed by atoms with Gasteiger partial charge >= 0.3 is 12.1 Å². The first-order valence-corrected chi connectivity index (χ1v) is 10.0. The SMILES string of the molecule is COc1cccc(Oc2c(C(F)(F)F)oc3cc(OC(=O)c4cccc([N+](=O)[O-])c4)ccc3c2=O)c1. The number of carbonyl (C=O) groups is 1. The second-order valence-electron chi connectivity index (χ2n) is 7.22. The molecule has 0 fully saturated rings. The molecule has 0 saturated carbocycles. The van der Waals surface area contributed by atoms with Crippen molar-refractivity contribution in [3.63, 3.8) is 0 Å². The van der Waals surface area contributed by atoms with E-state index >= 15 is 0 Å². The van der Waals surface area contributed by atoms with Crippen LogP contribution in [0.25, 0.3) is 11.0 Å². The summed E-state index contributed by atoms with van der Waals surface area (Å²) in [5.41, 5.74) is -2.14. The molecule has 184 valence electrons. The van der Waals surface area contributed by atoms with Gasteiger partial charge in [0, 0.05) is 24.3 Å². The first-order valence-electron chi connectivity index (χ1n) is 10.0. The molecular formula is C24H14F3NO8. The summed E-state index contributed by atoms with van der Waals surface area (Å²) in [5.74, 6) is -3.82. The van der Waals surface area contributed by atoms with Crippen LogP contribution in [-0.4, -0.2) is 18.0 Å². The third kappa shape index (κ3) is 4.97. The zero-order valence-electron chi connectivity index (χ0n) is 18.2. The van der Waals surface area contributed by atoms with Crippen molar-refractivity contribution in [1.29, 1.82) is 0 Å². The lowest BCUT2D eigenvalue weighted by molar-refractivity contribution is -0.384. The number of hydrogen-bond donors (Lipinski definition) is 0. The summed E-state index contributed by atoms with van der Waals surface area (Å²) >= 11 is 0. The lowest BCUT2D eigenvalue weighted by atomic mass is 10.2. The molecule has 0 bridgehead atoms. The van der Waals surface area contributed by atoms with Gasteiger partial charge in [0.2, 0.25) is 11.2 Å². The monoisotopic (exact) mass is 501 g/mol. The van der Waals surface area contributed by atoms with Crippen molar-refractivity contribution in [2.75, 3.05) is 7.11 Å². The summed E-state index contributed by atoms with van der Waals surface area (Å²) in [4.78, 5) is 35.5. The zero-order chi connectivity index (χ0) is 26.0. The van der Waals surface area contributed by atoms with Gasteiger partial charge in [0.15, 0.2) is 0 Å². The van der Waals surface area contributed by atoms with Crippen LogP contribution in [0.3, 0.4) is 0 Å². The predicted octanol–water partition coefficient (Wildman–Crippen LogP) is 5.74. The van der Waals surface area contributed by atoms with E-state index in [9.17, 15) is 32.9 Å². The number of methoxy groups -OCH3 is 1. The highest BCUT2D eigenvalue weighted by atomic mass is 19.4. The van der Waals surface area contributed by atoms with E-state index in [4.69, 9.17) is 18.6 Å². The molecule has 0 spiro atoms. The lowest BCUT2D eigenvalue weighted by Gasteiger charge is -2.14. The maximum atomic E-state index is 13.8. The Morgan fingerprint density at radius 1 is 0.972 bits per heavy atom. The van der Waals surface area contributed by atoms with Crippen LogP contribution in [-0.2, 0) is 6.18 Å². The summed E-state index contributed by atoms with van der Waals surface area (Å²) in [6.07, 6.45) is -5.10. The predicted molar refractivity (Wildman–Crippen MR) is 119 cm³/mol. The number of hydrogen-bond acceptors (Lipinski definition) is 8. The van der Waals surface area contributed by atoms with Crippen LogP contribution in [0.15, 0.2) is 75.9 Å². The molecule has 9 nitrogen and oxygen atoms in total. The summed E-state index contributed by atoms with van der Waals surface area (Å²) in [6.45, 7) is 0. The molecule has 4 aromatic rings. The Morgan fingerprint density at radius 3 is 2.39 bits per heavy atom. The Hall–Kier alpha value is -4.87. The van der Waals surface area contributed by atoms with Crippen LogP contribution in [0.2, 0.25) is 0 Å². The first-order chi connectivity index (χ1) is 17.1. The quantitative estimate of drug-likeness (QED) is 0.142. The molecule has 0 radical (unpaired) electrons. The van der Waals surface area contributed by atoms with Crippen LogP contribution in [0, 0.1) is 10.1 Å². The molecule has 0 amide bonds. The highest BCUT2D eigenvalue weighted by molar-refractivity contribution is 5.92. The van der Waals surface area contributed by atoms with E-state index < -0.39 is 39.6 Å². The lowest BCUT2D eigenvalue weighted by Crippen LogP contribution is -2.15. The van der Waals surface area contributed by atoms with Gasteiger partial charge < -0.3 is 18.6 Å². The van der Waals surface area contributed by atoms with E-state index in [0.29, 0.717) is 5.75 Å². The van der Waals surface area contributed by atoms with Crippen molar-refractivity contribution in [1.82, 2.24) is 0 Å². The van der Waals surface area contributed by atoms with Crippen LogP contribution in [0.5, 0.6) is 23.0 Å². The molecule has 3 aromatic carbocycles. The van der Waals surface area contributed by atoms with Crippen molar-refractivity contribution in [3.05, 3.63) is 98.4 Å². The Morgan fingerprint density at radius 2 is 1.69 bits per heavy atom. The van der Waals surface area contributed by atoms with Crippen molar-refractivity contribution in [3.8, 4) is 23.0 Å². The summed E-state index contributed by atoms with van der Waals surface area (Å²) in [5, 5.41) is 10.6. The zero-order valence-corrected chi connectivity index (χ0v) is 18.2. The second-order valence-corrected chi connectivity index (χ2v) is 7.22. The van der Waals surface area contributed by atoms with Gasteiger partial charge in [-0.05, 0) is 30.3 Å². The Balaban J connectivity index is 1.73. The van der Waals surface area contributed by atoms with Crippen LogP contribution < -0.4 is 19.6 Å². The number of nitro benzene ring substituents is 1. The molecule has 0 aliphatic heterocycles. The minimum Gasteiger partial charge on any atom is -0.497 e. The minimum absolute atomic E-state index is 0.0889. The van der Waals surface area contributed by atoms with Gasteiger partial charge in [0.25, 0.3) is 11.4 Å². The molecular weight excluding hydrogens is 487 g/mol. The second kappa shape index (κ2) is 9.41. The van der Waals surface area contributed by atoms with E-state index in [2.05, 4.69) is 0 Å². The Kier molecular flexibility index (Phi) is 6.34. The van der Waals surface area contributed by atoms with E-state index in [1.807, 2.05) is 0 Å². The molecule has 0 unspecified atom stereocenters. The number of ether oxygens (including phenoxy) is 3. The maximum absolute atomic E-state index is 13.8. The van der Waals surface area contributed by atoms with Gasteiger partial charge in [-0.15, -0.1) is 0 Å². The minimum atomic E-state index is -5.10. The van der Waals surface area contributed by atoms with Crippen molar-refractivity contribution in [2.45, 2.75) is 6.18 Å². The molecule has 0 N–H and O–H groups in total. The van der Waals surface area contributed by atoms with Crippen molar-refractivity contribution < 1.29 is 41.5 Å². The average molecular weight is 501 g/mol. The average Bonchev–Trinajstić information content (AvgIpc) is 2.85. The molecule has 0 saturated heterocycles. The fourth-order valence-electron chi connectivity index (χ4n) is 3.19. The molecule has 0 atom stereocenters. The van der Waals surface area contributed by atoms with Crippen LogP contribution >= 0.6 is 0 Å². The van der Waals surface area contributed by atoms with Gasteiger partial charge in [-0.3, -0.25) is 14.9 Å². The van der Waals surface area contributed by atoms with Crippen LogP contribution in [0.1, 0.15) is 16.1 Å². The number of benzene rings is 3. The fourth-order valence-corrected chi connectivity index (χ4v) is 3.19. The van der Waals surface area contributed by atoms with Crippen molar-refractivity contribution in [2.24, 2.45) is 0 Å². The van der Waals surface area contributed by atoms with Crippen LogP contribution in [0.4, 0.5) is 18.9 Å². The van der Waals surface area contributed by atoms with Gasteiger partial charge in [-0.1, -0.05) is 12.1 Å². The third-order valence-corrected chi connectivity index (χ3v) is 4.84. The molecule has 0 aliphatic carbocycles. The third-order valence-electron chi connectivity index (χ3n) is 4.84. The number of non-ortho nitro benzene ring substituents is 1. The smallest absolute Gasteiger partial charge is 0.453 e. The standard InChI is InChI=1S/C24H14F3NO8/c1-33-15-6-3-7-16(11-15)34-21-20(29)18-9-8-17(12-19(18)36-22(21)24(25,26)27)35-23(30)13-4-2-5-14(10-13)28(31)32/h2-12H,1H3. The summed E-state index contributed by atoms with van der Waals surface area (Å²) < 4.78 is 61.6. The molecule has 12 heteroatoms. The van der Waals surface area contributed by atoms with Gasteiger partial charge in [-0.25, -0.2) is 4.79 Å². The molecule has 4 rings (SSSR count). The highest BCUT2D eigenvalue weighted by Gasteiger charge is 2.40. The van der Waals surface area contributed by atoms with E-state index in [1.54, 1.807) is 0 Å². The van der Waals surface area contributed by atoms with Gasteiger partial charge in [-0.2, -0.15) is 13.2 Å². The van der Waals surface area contributed by atoms with Gasteiger partial charge in [0.05, 0.1) is 23.0 Å². The fraction of sp³-hybridized carbons (Fsp3) is 0.0833. The van der Waals surface area contributed by atoms with E-state index in [1.165, 1.54) is 49.6 Å². The highest BCUT2D eigenvalue weighted by Crippen LogP contribution is 2.39. The number of rotatable bonds is 6. The van der Waals surface area contributed by atoms with Crippen molar-refractivity contribution >= 4 is 22.6 Å². The topological polar surface area (TPSA) is 118 Å². The molecule has 1 aromatic heterocycles. The molecule has 0 aliphatic rings.